The molecular weight excluding hydrogens is 406 g/mol. The number of likely N-dealkylation sites (N-methyl/N-ethyl adjacent to an activating group) is 1. The summed E-state index contributed by atoms with van der Waals surface area (Å²) in [5, 5.41) is 3.49. The largest absolute Gasteiger partial charge is 0.344 e. The molecule has 1 unspecified atom stereocenters. The van der Waals surface area contributed by atoms with E-state index in [1.807, 2.05) is 78.5 Å². The molecular formula is C22H28ClN3O2S. The highest BCUT2D eigenvalue weighted by molar-refractivity contribution is 7.99. The zero-order valence-corrected chi connectivity index (χ0v) is 18.7. The lowest BCUT2D eigenvalue weighted by Crippen LogP contribution is -2.50. The Hall–Kier alpha value is -2.02. The molecule has 0 bridgehead atoms. The normalized spacial score (nSPS) is 11.9. The van der Waals surface area contributed by atoms with Crippen molar-refractivity contribution >= 4 is 35.2 Å². The lowest BCUT2D eigenvalue weighted by Gasteiger charge is -2.29. The molecule has 2 amide bonds. The van der Waals surface area contributed by atoms with Gasteiger partial charge in [-0.25, -0.2) is 0 Å². The molecule has 156 valence electrons. The first kappa shape index (κ1) is 23.3. The molecule has 1 atom stereocenters. The van der Waals surface area contributed by atoms with Gasteiger partial charge in [0.2, 0.25) is 11.8 Å². The Labute approximate surface area is 182 Å². The van der Waals surface area contributed by atoms with Gasteiger partial charge in [0.25, 0.3) is 0 Å². The summed E-state index contributed by atoms with van der Waals surface area (Å²) in [6.45, 7) is 3.28. The second-order valence-electron chi connectivity index (χ2n) is 7.07. The van der Waals surface area contributed by atoms with E-state index in [4.69, 9.17) is 11.6 Å². The topological polar surface area (TPSA) is 52.7 Å². The van der Waals surface area contributed by atoms with E-state index in [2.05, 4.69) is 5.32 Å². The third-order valence-corrected chi connectivity index (χ3v) is 5.61. The molecule has 0 spiro atoms. The van der Waals surface area contributed by atoms with Crippen LogP contribution in [0.4, 0.5) is 0 Å². The minimum Gasteiger partial charge on any atom is -0.344 e. The van der Waals surface area contributed by atoms with Gasteiger partial charge in [-0.1, -0.05) is 41.9 Å². The molecule has 7 heteroatoms. The number of hydrogen-bond donors (Lipinski definition) is 1. The number of amides is 2. The Morgan fingerprint density at radius 2 is 1.69 bits per heavy atom. The summed E-state index contributed by atoms with van der Waals surface area (Å²) in [4.78, 5) is 29.9. The van der Waals surface area contributed by atoms with E-state index in [1.54, 1.807) is 0 Å². The zero-order chi connectivity index (χ0) is 21.2. The number of benzene rings is 2. The van der Waals surface area contributed by atoms with E-state index in [9.17, 15) is 9.59 Å². The van der Waals surface area contributed by atoms with Crippen LogP contribution in [0.25, 0.3) is 0 Å². The van der Waals surface area contributed by atoms with Gasteiger partial charge in [0.15, 0.2) is 0 Å². The van der Waals surface area contributed by atoms with Crippen molar-refractivity contribution in [2.24, 2.45) is 0 Å². The van der Waals surface area contributed by atoms with Gasteiger partial charge < -0.3 is 15.1 Å². The number of nitrogens with zero attached hydrogens (tertiary/aromatic N) is 2. The molecule has 0 heterocycles. The van der Waals surface area contributed by atoms with Crippen LogP contribution in [0.3, 0.4) is 0 Å². The first-order chi connectivity index (χ1) is 13.8. The maximum atomic E-state index is 13.3. The molecule has 0 saturated carbocycles. The van der Waals surface area contributed by atoms with Crippen LogP contribution in [0.1, 0.15) is 12.5 Å². The SMILES string of the molecule is CC(=O)NC(CSc1ccc(Cl)cc1)C(=O)N(CCN(C)C)Cc1ccccc1. The molecule has 0 radical (unpaired) electrons. The molecule has 5 nitrogen and oxygen atoms in total. The van der Waals surface area contributed by atoms with Crippen molar-refractivity contribution in [1.82, 2.24) is 15.1 Å². The number of rotatable bonds is 10. The van der Waals surface area contributed by atoms with Gasteiger partial charge >= 0.3 is 0 Å². The summed E-state index contributed by atoms with van der Waals surface area (Å²) >= 11 is 7.47. The average Bonchev–Trinajstić information content (AvgIpc) is 2.69. The minimum absolute atomic E-state index is 0.0765. The van der Waals surface area contributed by atoms with E-state index in [0.29, 0.717) is 23.9 Å². The molecule has 0 aliphatic rings. The minimum atomic E-state index is -0.598. The van der Waals surface area contributed by atoms with Crippen molar-refractivity contribution in [3.8, 4) is 0 Å². The summed E-state index contributed by atoms with van der Waals surface area (Å²) < 4.78 is 0. The van der Waals surface area contributed by atoms with Crippen molar-refractivity contribution in [2.75, 3.05) is 32.9 Å². The zero-order valence-electron chi connectivity index (χ0n) is 17.1. The van der Waals surface area contributed by atoms with Gasteiger partial charge in [0.05, 0.1) is 0 Å². The second kappa shape index (κ2) is 11.9. The number of thioether (sulfide) groups is 1. The lowest BCUT2D eigenvalue weighted by atomic mass is 10.2. The Morgan fingerprint density at radius 1 is 1.03 bits per heavy atom. The number of hydrogen-bond acceptors (Lipinski definition) is 4. The molecule has 0 saturated heterocycles. The molecule has 2 aromatic carbocycles. The maximum absolute atomic E-state index is 13.3. The lowest BCUT2D eigenvalue weighted by molar-refractivity contribution is -0.136. The van der Waals surface area contributed by atoms with Gasteiger partial charge in [-0.15, -0.1) is 11.8 Å². The summed E-state index contributed by atoms with van der Waals surface area (Å²) in [6.07, 6.45) is 0. The van der Waals surface area contributed by atoms with E-state index in [0.717, 1.165) is 17.0 Å². The fourth-order valence-electron chi connectivity index (χ4n) is 2.74. The molecule has 2 aromatic rings. The smallest absolute Gasteiger partial charge is 0.246 e. The summed E-state index contributed by atoms with van der Waals surface area (Å²) in [5.41, 5.74) is 1.06. The Morgan fingerprint density at radius 3 is 2.28 bits per heavy atom. The Bertz CT molecular complexity index is 784. The van der Waals surface area contributed by atoms with E-state index >= 15 is 0 Å². The van der Waals surface area contributed by atoms with Crippen LogP contribution < -0.4 is 5.32 Å². The predicted octanol–water partition coefficient (Wildman–Crippen LogP) is 3.53. The molecule has 0 aliphatic carbocycles. The third-order valence-electron chi connectivity index (χ3n) is 4.25. The van der Waals surface area contributed by atoms with Gasteiger partial charge in [0, 0.05) is 42.2 Å². The van der Waals surface area contributed by atoms with Crippen molar-refractivity contribution < 1.29 is 9.59 Å². The first-order valence-electron chi connectivity index (χ1n) is 9.48. The van der Waals surface area contributed by atoms with Crippen LogP contribution in [-0.2, 0) is 16.1 Å². The summed E-state index contributed by atoms with van der Waals surface area (Å²) in [7, 11) is 3.96. The summed E-state index contributed by atoms with van der Waals surface area (Å²) in [5.74, 6) is 0.160. The number of carbonyl (C=O) groups is 2. The van der Waals surface area contributed by atoms with Gasteiger partial charge in [-0.3, -0.25) is 9.59 Å². The van der Waals surface area contributed by atoms with Crippen molar-refractivity contribution in [1.29, 1.82) is 0 Å². The number of nitrogens with one attached hydrogen (secondary N) is 1. The highest BCUT2D eigenvalue weighted by Gasteiger charge is 2.25. The standard InChI is InChI=1S/C22H28ClN3O2S/c1-17(27)24-21(16-29-20-11-9-19(23)10-12-20)22(28)26(14-13-25(2)3)15-18-7-5-4-6-8-18/h4-12,21H,13-16H2,1-3H3,(H,24,27). The van der Waals surface area contributed by atoms with Gasteiger partial charge in [-0.05, 0) is 43.9 Å². The van der Waals surface area contributed by atoms with Crippen LogP contribution in [-0.4, -0.2) is 60.6 Å². The second-order valence-corrected chi connectivity index (χ2v) is 8.60. The molecule has 0 fully saturated rings. The van der Waals surface area contributed by atoms with Crippen LogP contribution in [0.15, 0.2) is 59.5 Å². The third kappa shape index (κ3) is 8.48. The monoisotopic (exact) mass is 433 g/mol. The van der Waals surface area contributed by atoms with Gasteiger partial charge in [-0.2, -0.15) is 0 Å². The maximum Gasteiger partial charge on any atom is 0.246 e. The highest BCUT2D eigenvalue weighted by Crippen LogP contribution is 2.22. The molecule has 1 N–H and O–H groups in total. The van der Waals surface area contributed by atoms with E-state index < -0.39 is 6.04 Å². The molecule has 2 rings (SSSR count). The van der Waals surface area contributed by atoms with Crippen LogP contribution in [0.5, 0.6) is 0 Å². The highest BCUT2D eigenvalue weighted by atomic mass is 35.5. The first-order valence-corrected chi connectivity index (χ1v) is 10.8. The van der Waals surface area contributed by atoms with Crippen LogP contribution >= 0.6 is 23.4 Å². The fourth-order valence-corrected chi connectivity index (χ4v) is 3.78. The van der Waals surface area contributed by atoms with E-state index in [-0.39, 0.29) is 11.8 Å². The molecule has 29 heavy (non-hydrogen) atoms. The molecule has 0 aromatic heterocycles. The number of halogens is 1. The van der Waals surface area contributed by atoms with Gasteiger partial charge in [0.1, 0.15) is 6.04 Å². The summed E-state index contributed by atoms with van der Waals surface area (Å²) in [6, 6.07) is 16.8. The quantitative estimate of drug-likeness (QED) is 0.582. The fraction of sp³-hybridized carbons (Fsp3) is 0.364. The Kier molecular flexibility index (Phi) is 9.51. The predicted molar refractivity (Wildman–Crippen MR) is 120 cm³/mol. The Balaban J connectivity index is 2.13. The van der Waals surface area contributed by atoms with Crippen molar-refractivity contribution in [3.63, 3.8) is 0 Å². The van der Waals surface area contributed by atoms with Crippen LogP contribution in [0.2, 0.25) is 5.02 Å². The number of carbonyl (C=O) groups excluding carboxylic acids is 2. The van der Waals surface area contributed by atoms with Crippen molar-refractivity contribution in [3.05, 3.63) is 65.2 Å². The van der Waals surface area contributed by atoms with E-state index in [1.165, 1.54) is 18.7 Å². The van der Waals surface area contributed by atoms with Crippen molar-refractivity contribution in [2.45, 2.75) is 24.4 Å². The molecule has 0 aliphatic heterocycles. The van der Waals surface area contributed by atoms with Crippen LogP contribution in [0, 0.1) is 0 Å². The average molecular weight is 434 g/mol.